The standard InChI is InChI=1S/C7H14NS/c1-3-7-6-9-5-4-8(7)2/h7H,1,3-6H2,2H3. The molecule has 1 aliphatic rings. The lowest BCUT2D eigenvalue weighted by Crippen LogP contribution is -2.38. The summed E-state index contributed by atoms with van der Waals surface area (Å²) in [7, 11) is 2.19. The Morgan fingerprint density at radius 2 is 2.56 bits per heavy atom. The van der Waals surface area contributed by atoms with Crippen molar-refractivity contribution >= 4 is 11.8 Å². The normalized spacial score (nSPS) is 30.7. The molecular formula is C7H14NS. The van der Waals surface area contributed by atoms with Crippen LogP contribution in [0.1, 0.15) is 6.42 Å². The number of rotatable bonds is 1. The summed E-state index contributed by atoms with van der Waals surface area (Å²) in [5, 5.41) is 0. The van der Waals surface area contributed by atoms with Gasteiger partial charge in [0.15, 0.2) is 0 Å². The van der Waals surface area contributed by atoms with Crippen molar-refractivity contribution < 1.29 is 0 Å². The molecule has 1 unspecified atom stereocenters. The molecule has 1 aliphatic heterocycles. The van der Waals surface area contributed by atoms with Gasteiger partial charge in [-0.1, -0.05) is 6.92 Å². The van der Waals surface area contributed by atoms with Gasteiger partial charge in [-0.3, -0.25) is 0 Å². The zero-order chi connectivity index (χ0) is 6.69. The van der Waals surface area contributed by atoms with Crippen molar-refractivity contribution in [2.24, 2.45) is 0 Å². The fourth-order valence-corrected chi connectivity index (χ4v) is 2.32. The third-order valence-electron chi connectivity index (χ3n) is 1.86. The third kappa shape index (κ3) is 1.87. The molecule has 0 bridgehead atoms. The maximum atomic E-state index is 3.90. The first kappa shape index (κ1) is 7.42. The lowest BCUT2D eigenvalue weighted by Gasteiger charge is -2.30. The van der Waals surface area contributed by atoms with Crippen LogP contribution in [0.2, 0.25) is 0 Å². The molecule has 1 nitrogen and oxygen atoms in total. The maximum Gasteiger partial charge on any atom is 0.0183 e. The fraction of sp³-hybridized carbons (Fsp3) is 0.857. The van der Waals surface area contributed by atoms with Gasteiger partial charge in [-0.05, 0) is 13.5 Å². The van der Waals surface area contributed by atoms with Crippen LogP contribution in [-0.2, 0) is 0 Å². The van der Waals surface area contributed by atoms with Crippen molar-refractivity contribution in [3.8, 4) is 0 Å². The van der Waals surface area contributed by atoms with Gasteiger partial charge < -0.3 is 4.90 Å². The Balaban J connectivity index is 2.30. The van der Waals surface area contributed by atoms with Crippen molar-refractivity contribution in [2.75, 3.05) is 25.1 Å². The Kier molecular flexibility index (Phi) is 2.86. The average molecular weight is 144 g/mol. The second-order valence-corrected chi connectivity index (χ2v) is 3.65. The van der Waals surface area contributed by atoms with E-state index in [0.717, 1.165) is 12.5 Å². The van der Waals surface area contributed by atoms with E-state index in [0.29, 0.717) is 0 Å². The summed E-state index contributed by atoms with van der Waals surface area (Å²) in [4.78, 5) is 2.41. The number of thioether (sulfide) groups is 1. The van der Waals surface area contributed by atoms with E-state index in [-0.39, 0.29) is 0 Å². The highest BCUT2D eigenvalue weighted by molar-refractivity contribution is 7.99. The Hall–Kier alpha value is 0.310. The van der Waals surface area contributed by atoms with Gasteiger partial charge in [0.2, 0.25) is 0 Å². The number of hydrogen-bond acceptors (Lipinski definition) is 2. The molecule has 2 heteroatoms. The molecule has 0 aromatic carbocycles. The average Bonchev–Trinajstić information content (AvgIpc) is 1.89. The van der Waals surface area contributed by atoms with Gasteiger partial charge in [-0.25, -0.2) is 0 Å². The van der Waals surface area contributed by atoms with Crippen LogP contribution in [0.3, 0.4) is 0 Å². The summed E-state index contributed by atoms with van der Waals surface area (Å²) < 4.78 is 0. The van der Waals surface area contributed by atoms with Gasteiger partial charge >= 0.3 is 0 Å². The van der Waals surface area contributed by atoms with E-state index in [1.807, 2.05) is 11.8 Å². The van der Waals surface area contributed by atoms with Crippen LogP contribution < -0.4 is 0 Å². The molecule has 0 saturated carbocycles. The lowest BCUT2D eigenvalue weighted by molar-refractivity contribution is 0.271. The Labute approximate surface area is 61.8 Å². The largest absolute Gasteiger partial charge is 0.302 e. The summed E-state index contributed by atoms with van der Waals surface area (Å²) in [6.07, 6.45) is 1.06. The molecule has 1 rings (SSSR count). The first-order valence-electron chi connectivity index (χ1n) is 3.42. The quantitative estimate of drug-likeness (QED) is 0.545. The predicted octanol–water partition coefficient (Wildman–Crippen LogP) is 1.26. The molecule has 0 aromatic heterocycles. The first-order chi connectivity index (χ1) is 4.34. The number of nitrogens with zero attached hydrogens (tertiary/aromatic N) is 1. The molecule has 0 amide bonds. The van der Waals surface area contributed by atoms with Crippen molar-refractivity contribution in [2.45, 2.75) is 12.5 Å². The van der Waals surface area contributed by atoms with Crippen LogP contribution in [0, 0.1) is 6.92 Å². The van der Waals surface area contributed by atoms with Crippen LogP contribution in [0.25, 0.3) is 0 Å². The Bertz CT molecular complexity index is 85.0. The maximum absolute atomic E-state index is 3.90. The van der Waals surface area contributed by atoms with Crippen LogP contribution in [0.5, 0.6) is 0 Å². The molecule has 1 atom stereocenters. The van der Waals surface area contributed by atoms with E-state index >= 15 is 0 Å². The highest BCUT2D eigenvalue weighted by atomic mass is 32.2. The van der Waals surface area contributed by atoms with Crippen molar-refractivity contribution in [3.05, 3.63) is 6.92 Å². The summed E-state index contributed by atoms with van der Waals surface area (Å²) in [5.41, 5.74) is 0. The Morgan fingerprint density at radius 3 is 3.00 bits per heavy atom. The third-order valence-corrected chi connectivity index (χ3v) is 2.95. The summed E-state index contributed by atoms with van der Waals surface area (Å²) >= 11 is 2.05. The van der Waals surface area contributed by atoms with Crippen LogP contribution in [0.15, 0.2) is 0 Å². The molecule has 53 valence electrons. The molecule has 0 aromatic rings. The minimum atomic E-state index is 0.740. The van der Waals surface area contributed by atoms with Crippen LogP contribution >= 0.6 is 11.8 Å². The molecule has 0 N–H and O–H groups in total. The molecule has 0 aliphatic carbocycles. The molecule has 0 spiro atoms. The van der Waals surface area contributed by atoms with Gasteiger partial charge in [0.25, 0.3) is 0 Å². The number of hydrogen-bond donors (Lipinski definition) is 0. The van der Waals surface area contributed by atoms with Crippen molar-refractivity contribution in [1.29, 1.82) is 0 Å². The van der Waals surface area contributed by atoms with Gasteiger partial charge in [-0.2, -0.15) is 11.8 Å². The van der Waals surface area contributed by atoms with Gasteiger partial charge in [0, 0.05) is 24.1 Å². The molecular weight excluding hydrogens is 130 g/mol. The van der Waals surface area contributed by atoms with Crippen LogP contribution in [-0.4, -0.2) is 36.0 Å². The summed E-state index contributed by atoms with van der Waals surface area (Å²) in [6.45, 7) is 5.15. The molecule has 1 radical (unpaired) electrons. The van der Waals surface area contributed by atoms with Crippen LogP contribution in [0.4, 0.5) is 0 Å². The van der Waals surface area contributed by atoms with E-state index in [2.05, 4.69) is 18.9 Å². The zero-order valence-corrected chi connectivity index (χ0v) is 6.78. The van der Waals surface area contributed by atoms with E-state index < -0.39 is 0 Å². The topological polar surface area (TPSA) is 3.24 Å². The second kappa shape index (κ2) is 3.47. The molecule has 9 heavy (non-hydrogen) atoms. The minimum absolute atomic E-state index is 0.740. The van der Waals surface area contributed by atoms with E-state index in [9.17, 15) is 0 Å². The fourth-order valence-electron chi connectivity index (χ4n) is 1.04. The van der Waals surface area contributed by atoms with Crippen molar-refractivity contribution in [1.82, 2.24) is 4.90 Å². The smallest absolute Gasteiger partial charge is 0.0183 e. The van der Waals surface area contributed by atoms with E-state index in [4.69, 9.17) is 0 Å². The molecule has 1 saturated heterocycles. The van der Waals surface area contributed by atoms with E-state index in [1.54, 1.807) is 0 Å². The predicted molar refractivity (Wildman–Crippen MR) is 43.7 cm³/mol. The highest BCUT2D eigenvalue weighted by Crippen LogP contribution is 2.15. The second-order valence-electron chi connectivity index (χ2n) is 2.50. The lowest BCUT2D eigenvalue weighted by atomic mass is 10.2. The Morgan fingerprint density at radius 1 is 1.78 bits per heavy atom. The van der Waals surface area contributed by atoms with Gasteiger partial charge in [0.1, 0.15) is 0 Å². The zero-order valence-electron chi connectivity index (χ0n) is 5.97. The summed E-state index contributed by atoms with van der Waals surface area (Å²) in [6, 6.07) is 0.740. The first-order valence-corrected chi connectivity index (χ1v) is 4.57. The molecule has 1 heterocycles. The van der Waals surface area contributed by atoms with E-state index in [1.165, 1.54) is 18.1 Å². The van der Waals surface area contributed by atoms with Gasteiger partial charge in [-0.15, -0.1) is 0 Å². The molecule has 1 fully saturated rings. The monoisotopic (exact) mass is 144 g/mol. The minimum Gasteiger partial charge on any atom is -0.302 e. The SMILES string of the molecule is [CH2]CC1CSCCN1C. The van der Waals surface area contributed by atoms with Gasteiger partial charge in [0.05, 0.1) is 0 Å². The summed E-state index contributed by atoms with van der Waals surface area (Å²) in [5.74, 6) is 2.58. The highest BCUT2D eigenvalue weighted by Gasteiger charge is 2.16. The van der Waals surface area contributed by atoms with Crippen molar-refractivity contribution in [3.63, 3.8) is 0 Å².